The number of nitrogens with one attached hydrogen (secondary N) is 1. The Morgan fingerprint density at radius 1 is 1.35 bits per heavy atom. The second-order valence-electron chi connectivity index (χ2n) is 4.51. The van der Waals surface area contributed by atoms with Crippen LogP contribution < -0.4 is 5.32 Å². The van der Waals surface area contributed by atoms with Gasteiger partial charge in [-0.3, -0.25) is 4.68 Å². The van der Waals surface area contributed by atoms with Crippen molar-refractivity contribution < 1.29 is 0 Å². The Kier molecular flexibility index (Phi) is 3.97. The monoisotopic (exact) mass is 249 g/mol. The highest BCUT2D eigenvalue weighted by Gasteiger charge is 2.03. The first-order valence-corrected chi connectivity index (χ1v) is 6.82. The van der Waals surface area contributed by atoms with Crippen LogP contribution in [0.4, 0.5) is 0 Å². The molecule has 2 heterocycles. The Labute approximate surface area is 106 Å². The Morgan fingerprint density at radius 3 is 2.76 bits per heavy atom. The lowest BCUT2D eigenvalue weighted by Crippen LogP contribution is -2.13. The van der Waals surface area contributed by atoms with Crippen molar-refractivity contribution >= 4 is 11.3 Å². The summed E-state index contributed by atoms with van der Waals surface area (Å²) in [5, 5.41) is 10.1. The van der Waals surface area contributed by atoms with Gasteiger partial charge in [0.25, 0.3) is 0 Å². The van der Waals surface area contributed by atoms with E-state index < -0.39 is 0 Å². The van der Waals surface area contributed by atoms with E-state index in [9.17, 15) is 0 Å². The zero-order chi connectivity index (χ0) is 12.3. The molecule has 17 heavy (non-hydrogen) atoms. The van der Waals surface area contributed by atoms with Crippen LogP contribution in [-0.2, 0) is 13.1 Å². The van der Waals surface area contributed by atoms with Gasteiger partial charge in [0.2, 0.25) is 0 Å². The number of aryl methyl sites for hydroxylation is 1. The zero-order valence-electron chi connectivity index (χ0n) is 10.6. The van der Waals surface area contributed by atoms with Crippen molar-refractivity contribution in [1.29, 1.82) is 0 Å². The number of nitrogens with zero attached hydrogens (tertiary/aromatic N) is 2. The predicted octanol–water partition coefficient (Wildman–Crippen LogP) is 3.12. The molecule has 0 bridgehead atoms. The third-order valence-electron chi connectivity index (χ3n) is 2.75. The van der Waals surface area contributed by atoms with Crippen LogP contribution >= 0.6 is 11.3 Å². The zero-order valence-corrected chi connectivity index (χ0v) is 11.4. The Morgan fingerprint density at radius 2 is 2.18 bits per heavy atom. The molecule has 0 aliphatic heterocycles. The number of hydrogen-bond donors (Lipinski definition) is 1. The van der Waals surface area contributed by atoms with Gasteiger partial charge in [-0.2, -0.15) is 5.10 Å². The van der Waals surface area contributed by atoms with Gasteiger partial charge < -0.3 is 5.32 Å². The minimum Gasteiger partial charge on any atom is -0.306 e. The summed E-state index contributed by atoms with van der Waals surface area (Å²) in [6.45, 7) is 8.19. The fourth-order valence-corrected chi connectivity index (χ4v) is 2.52. The fraction of sp³-hybridized carbons (Fsp3) is 0.462. The van der Waals surface area contributed by atoms with Crippen LogP contribution in [0.15, 0.2) is 23.7 Å². The van der Waals surface area contributed by atoms with E-state index in [1.165, 1.54) is 10.4 Å². The second kappa shape index (κ2) is 5.47. The lowest BCUT2D eigenvalue weighted by atomic mass is 10.3. The van der Waals surface area contributed by atoms with Crippen LogP contribution in [0, 0.1) is 6.92 Å². The highest BCUT2D eigenvalue weighted by molar-refractivity contribution is 7.10. The molecule has 0 radical (unpaired) electrons. The summed E-state index contributed by atoms with van der Waals surface area (Å²) in [5.74, 6) is 0. The molecule has 0 amide bonds. The molecule has 92 valence electrons. The molecule has 2 aromatic heterocycles. The normalized spacial score (nSPS) is 11.3. The van der Waals surface area contributed by atoms with E-state index >= 15 is 0 Å². The summed E-state index contributed by atoms with van der Waals surface area (Å²) in [5.41, 5.74) is 2.48. The topological polar surface area (TPSA) is 29.9 Å². The molecule has 0 aliphatic rings. The minimum atomic E-state index is 0.434. The van der Waals surface area contributed by atoms with Gasteiger partial charge in [0.1, 0.15) is 0 Å². The Bertz CT molecular complexity index is 470. The first-order chi connectivity index (χ1) is 8.16. The first kappa shape index (κ1) is 12.3. The minimum absolute atomic E-state index is 0.434. The van der Waals surface area contributed by atoms with E-state index in [0.717, 1.165) is 18.8 Å². The lowest BCUT2D eigenvalue weighted by molar-refractivity contribution is 0.521. The molecular weight excluding hydrogens is 230 g/mol. The first-order valence-electron chi connectivity index (χ1n) is 5.94. The maximum Gasteiger partial charge on any atom is 0.0762 e. The number of rotatable bonds is 5. The molecule has 1 N–H and O–H groups in total. The van der Waals surface area contributed by atoms with Crippen molar-refractivity contribution in [3.05, 3.63) is 39.8 Å². The van der Waals surface area contributed by atoms with E-state index in [1.54, 1.807) is 11.3 Å². The van der Waals surface area contributed by atoms with Gasteiger partial charge in [0, 0.05) is 30.2 Å². The Balaban J connectivity index is 1.84. The van der Waals surface area contributed by atoms with Gasteiger partial charge in [0.15, 0.2) is 0 Å². The third-order valence-corrected chi connectivity index (χ3v) is 3.78. The van der Waals surface area contributed by atoms with Crippen molar-refractivity contribution in [3.63, 3.8) is 0 Å². The van der Waals surface area contributed by atoms with Crippen LogP contribution in [0.3, 0.4) is 0 Å². The highest BCUT2D eigenvalue weighted by Crippen LogP contribution is 2.15. The van der Waals surface area contributed by atoms with Crippen LogP contribution in [0.1, 0.15) is 36.0 Å². The van der Waals surface area contributed by atoms with Gasteiger partial charge in [0.05, 0.1) is 5.69 Å². The molecule has 0 atom stereocenters. The third kappa shape index (κ3) is 3.17. The lowest BCUT2D eigenvalue weighted by Gasteiger charge is -2.04. The quantitative estimate of drug-likeness (QED) is 0.882. The summed E-state index contributed by atoms with van der Waals surface area (Å²) >= 11 is 1.81. The van der Waals surface area contributed by atoms with Gasteiger partial charge in [-0.25, -0.2) is 0 Å². The van der Waals surface area contributed by atoms with Crippen molar-refractivity contribution in [2.45, 2.75) is 39.9 Å². The summed E-state index contributed by atoms with van der Waals surface area (Å²) in [7, 11) is 0. The van der Waals surface area contributed by atoms with Gasteiger partial charge >= 0.3 is 0 Å². The maximum absolute atomic E-state index is 4.51. The molecule has 0 saturated heterocycles. The summed E-state index contributed by atoms with van der Waals surface area (Å²) < 4.78 is 1.99. The van der Waals surface area contributed by atoms with Crippen molar-refractivity contribution in [2.75, 3.05) is 0 Å². The number of aromatic nitrogens is 2. The molecule has 0 unspecified atom stereocenters. The van der Waals surface area contributed by atoms with Crippen molar-refractivity contribution in [1.82, 2.24) is 15.1 Å². The molecule has 4 heteroatoms. The molecule has 0 fully saturated rings. The summed E-state index contributed by atoms with van der Waals surface area (Å²) in [6.07, 6.45) is 2.04. The molecule has 2 aromatic rings. The van der Waals surface area contributed by atoms with E-state index in [1.807, 2.05) is 10.9 Å². The van der Waals surface area contributed by atoms with Crippen LogP contribution in [0.5, 0.6) is 0 Å². The number of hydrogen-bond acceptors (Lipinski definition) is 3. The van der Waals surface area contributed by atoms with Crippen LogP contribution in [0.25, 0.3) is 0 Å². The molecule has 0 aliphatic carbocycles. The predicted molar refractivity (Wildman–Crippen MR) is 72.2 cm³/mol. The van der Waals surface area contributed by atoms with Crippen molar-refractivity contribution in [2.24, 2.45) is 0 Å². The molecule has 3 nitrogen and oxygen atoms in total. The Hall–Kier alpha value is -1.13. The SMILES string of the molecule is Cc1ccsc1CNCc1ccn(C(C)C)n1. The molecule has 2 rings (SSSR count). The van der Waals surface area contributed by atoms with E-state index in [2.05, 4.69) is 48.7 Å². The second-order valence-corrected chi connectivity index (χ2v) is 5.51. The average molecular weight is 249 g/mol. The van der Waals surface area contributed by atoms with Crippen LogP contribution in [-0.4, -0.2) is 9.78 Å². The highest BCUT2D eigenvalue weighted by atomic mass is 32.1. The molecule has 0 saturated carbocycles. The molecule has 0 aromatic carbocycles. The average Bonchev–Trinajstić information content (AvgIpc) is 2.89. The summed E-state index contributed by atoms with van der Waals surface area (Å²) in [6, 6.07) is 4.67. The van der Waals surface area contributed by atoms with Gasteiger partial charge in [-0.1, -0.05) is 0 Å². The smallest absolute Gasteiger partial charge is 0.0762 e. The van der Waals surface area contributed by atoms with Crippen LogP contribution in [0.2, 0.25) is 0 Å². The number of thiophene rings is 1. The van der Waals surface area contributed by atoms with E-state index in [0.29, 0.717) is 6.04 Å². The van der Waals surface area contributed by atoms with Gasteiger partial charge in [-0.05, 0) is 43.8 Å². The van der Waals surface area contributed by atoms with Crippen molar-refractivity contribution in [3.8, 4) is 0 Å². The van der Waals surface area contributed by atoms with Gasteiger partial charge in [-0.15, -0.1) is 11.3 Å². The fourth-order valence-electron chi connectivity index (χ4n) is 1.65. The largest absolute Gasteiger partial charge is 0.306 e. The van der Waals surface area contributed by atoms with E-state index in [-0.39, 0.29) is 0 Å². The van der Waals surface area contributed by atoms with E-state index in [4.69, 9.17) is 0 Å². The standard InChI is InChI=1S/C13H19N3S/c1-10(2)16-6-4-12(15-16)8-14-9-13-11(3)5-7-17-13/h4-7,10,14H,8-9H2,1-3H3. The molecule has 0 spiro atoms. The summed E-state index contributed by atoms with van der Waals surface area (Å²) in [4.78, 5) is 1.41. The maximum atomic E-state index is 4.51. The molecular formula is C13H19N3S.